The molecule has 0 saturated carbocycles. The maximum atomic E-state index is 13.6. The summed E-state index contributed by atoms with van der Waals surface area (Å²) in [7, 11) is -2.07. The van der Waals surface area contributed by atoms with Crippen molar-refractivity contribution in [2.45, 2.75) is 17.0 Å². The number of halogens is 1. The van der Waals surface area contributed by atoms with E-state index in [9.17, 15) is 12.8 Å². The Morgan fingerprint density at radius 2 is 1.76 bits per heavy atom. The molecule has 0 bridgehead atoms. The number of sulfonamides is 1. The number of anilines is 1. The lowest BCUT2D eigenvalue weighted by Gasteiger charge is -2.21. The first kappa shape index (κ1) is 22.2. The van der Waals surface area contributed by atoms with Gasteiger partial charge < -0.3 is 9.88 Å². The van der Waals surface area contributed by atoms with Gasteiger partial charge in [0.2, 0.25) is 0 Å². The van der Waals surface area contributed by atoms with Gasteiger partial charge in [-0.2, -0.15) is 4.31 Å². The molecule has 4 aromatic rings. The summed E-state index contributed by atoms with van der Waals surface area (Å²) >= 11 is 0. The van der Waals surface area contributed by atoms with Gasteiger partial charge >= 0.3 is 0 Å². The SMILES string of the molecule is Cn1cnc(S(=O)(=O)N2C[C@H](Nc3cc(-c4ccccc4)ncn3)[C@@H](c3ccc(F)cc3)C2)c1. The van der Waals surface area contributed by atoms with Gasteiger partial charge in [-0.05, 0) is 17.7 Å². The van der Waals surface area contributed by atoms with Gasteiger partial charge in [-0.3, -0.25) is 0 Å². The number of nitrogens with one attached hydrogen (secondary N) is 1. The monoisotopic (exact) mass is 478 g/mol. The smallest absolute Gasteiger partial charge is 0.262 e. The molecule has 34 heavy (non-hydrogen) atoms. The first-order chi connectivity index (χ1) is 16.4. The first-order valence-electron chi connectivity index (χ1n) is 10.8. The van der Waals surface area contributed by atoms with Crippen molar-refractivity contribution in [3.8, 4) is 11.3 Å². The molecule has 0 aliphatic carbocycles. The van der Waals surface area contributed by atoms with Crippen LogP contribution < -0.4 is 5.32 Å². The molecule has 8 nitrogen and oxygen atoms in total. The quantitative estimate of drug-likeness (QED) is 0.457. The third kappa shape index (κ3) is 4.42. The van der Waals surface area contributed by atoms with Crippen LogP contribution >= 0.6 is 0 Å². The lowest BCUT2D eigenvalue weighted by atomic mass is 9.94. The highest BCUT2D eigenvalue weighted by Gasteiger charge is 2.41. The molecule has 1 aliphatic rings. The van der Waals surface area contributed by atoms with Crippen LogP contribution in [0.1, 0.15) is 11.5 Å². The third-order valence-electron chi connectivity index (χ3n) is 5.94. The third-order valence-corrected chi connectivity index (χ3v) is 7.66. The van der Waals surface area contributed by atoms with Gasteiger partial charge in [0.05, 0.1) is 12.0 Å². The van der Waals surface area contributed by atoms with Gasteiger partial charge in [0.15, 0.2) is 5.03 Å². The number of hydrogen-bond donors (Lipinski definition) is 1. The van der Waals surface area contributed by atoms with Gasteiger partial charge in [-0.1, -0.05) is 42.5 Å². The number of hydrogen-bond acceptors (Lipinski definition) is 6. The van der Waals surface area contributed by atoms with E-state index in [2.05, 4.69) is 20.3 Å². The predicted octanol–water partition coefficient (Wildman–Crippen LogP) is 3.29. The van der Waals surface area contributed by atoms with E-state index in [-0.39, 0.29) is 35.9 Å². The average Bonchev–Trinajstić information content (AvgIpc) is 3.48. The molecule has 0 radical (unpaired) electrons. The van der Waals surface area contributed by atoms with Crippen LogP contribution in [0.2, 0.25) is 0 Å². The fourth-order valence-corrected chi connectivity index (χ4v) is 5.66. The molecule has 10 heteroatoms. The van der Waals surface area contributed by atoms with Crippen LogP contribution in [0.5, 0.6) is 0 Å². The van der Waals surface area contributed by atoms with Crippen LogP contribution in [0.4, 0.5) is 10.2 Å². The molecule has 3 heterocycles. The Hall–Kier alpha value is -3.63. The standard InChI is InChI=1S/C24H23FN6O2S/c1-30-14-24(28-16-30)34(32,33)31-12-20(17-7-9-19(25)10-8-17)22(13-31)29-23-11-21(26-15-27-23)18-5-3-2-4-6-18/h2-11,14-16,20,22H,12-13H2,1H3,(H,26,27,29)/t20-,22+/m1/s1. The topological polar surface area (TPSA) is 93.0 Å². The second-order valence-electron chi connectivity index (χ2n) is 8.26. The summed E-state index contributed by atoms with van der Waals surface area (Å²) in [6.07, 6.45) is 4.43. The summed E-state index contributed by atoms with van der Waals surface area (Å²) in [5.41, 5.74) is 2.55. The van der Waals surface area contributed by atoms with Gasteiger partial charge in [0, 0.05) is 49.9 Å². The van der Waals surface area contributed by atoms with Crippen LogP contribution in [-0.4, -0.2) is 51.4 Å². The van der Waals surface area contributed by atoms with Crippen molar-refractivity contribution in [3.05, 3.63) is 90.9 Å². The van der Waals surface area contributed by atoms with Gasteiger partial charge in [0.1, 0.15) is 18.0 Å². The Kier molecular flexibility index (Phi) is 5.84. The largest absolute Gasteiger partial charge is 0.365 e. The van der Waals surface area contributed by atoms with Crippen molar-refractivity contribution >= 4 is 15.8 Å². The number of nitrogens with zero attached hydrogens (tertiary/aromatic N) is 5. The van der Waals surface area contributed by atoms with Crippen molar-refractivity contribution in [1.29, 1.82) is 0 Å². The van der Waals surface area contributed by atoms with E-state index in [1.807, 2.05) is 36.4 Å². The molecule has 2 aromatic carbocycles. The van der Waals surface area contributed by atoms with E-state index in [1.54, 1.807) is 23.7 Å². The molecule has 174 valence electrons. The molecule has 1 aliphatic heterocycles. The second-order valence-corrected chi connectivity index (χ2v) is 10.1. The molecule has 0 amide bonds. The van der Waals surface area contributed by atoms with E-state index >= 15 is 0 Å². The highest BCUT2D eigenvalue weighted by Crippen LogP contribution is 2.33. The molecular weight excluding hydrogens is 455 g/mol. The van der Waals surface area contributed by atoms with Crippen LogP contribution in [0.15, 0.2) is 84.5 Å². The van der Waals surface area contributed by atoms with Gasteiger partial charge in [0.25, 0.3) is 10.0 Å². The maximum Gasteiger partial charge on any atom is 0.262 e. The average molecular weight is 479 g/mol. The van der Waals surface area contributed by atoms with Crippen LogP contribution in [-0.2, 0) is 17.1 Å². The lowest BCUT2D eigenvalue weighted by Crippen LogP contribution is -2.32. The second kappa shape index (κ2) is 8.96. The zero-order chi connectivity index (χ0) is 23.7. The van der Waals surface area contributed by atoms with E-state index < -0.39 is 10.0 Å². The van der Waals surface area contributed by atoms with E-state index in [0.717, 1.165) is 16.8 Å². The molecule has 1 N–H and O–H groups in total. The summed E-state index contributed by atoms with van der Waals surface area (Å²) in [6, 6.07) is 17.5. The van der Waals surface area contributed by atoms with Crippen molar-refractivity contribution in [2.24, 2.45) is 7.05 Å². The van der Waals surface area contributed by atoms with Gasteiger partial charge in [-0.15, -0.1) is 0 Å². The Balaban J connectivity index is 1.46. The summed E-state index contributed by atoms with van der Waals surface area (Å²) < 4.78 is 43.1. The molecule has 0 unspecified atom stereocenters. The molecule has 1 fully saturated rings. The molecule has 2 aromatic heterocycles. The Morgan fingerprint density at radius 1 is 1.00 bits per heavy atom. The number of benzene rings is 2. The first-order valence-corrected chi connectivity index (χ1v) is 12.2. The molecule has 1 saturated heterocycles. The van der Waals surface area contributed by atoms with Crippen molar-refractivity contribution in [1.82, 2.24) is 23.8 Å². The fourth-order valence-electron chi connectivity index (χ4n) is 4.21. The summed E-state index contributed by atoms with van der Waals surface area (Å²) in [4.78, 5) is 12.7. The highest BCUT2D eigenvalue weighted by atomic mass is 32.2. The Bertz CT molecular complexity index is 1390. The predicted molar refractivity (Wildman–Crippen MR) is 126 cm³/mol. The van der Waals surface area contributed by atoms with Crippen molar-refractivity contribution in [3.63, 3.8) is 0 Å². The summed E-state index contributed by atoms with van der Waals surface area (Å²) in [6.45, 7) is 0.449. The minimum absolute atomic E-state index is 0.00176. The Morgan fingerprint density at radius 3 is 2.47 bits per heavy atom. The molecule has 0 spiro atoms. The summed E-state index contributed by atoms with van der Waals surface area (Å²) in [5.74, 6) is 0.0322. The fraction of sp³-hybridized carbons (Fsp3) is 0.208. The van der Waals surface area contributed by atoms with Crippen LogP contribution in [0.25, 0.3) is 11.3 Å². The van der Waals surface area contributed by atoms with Crippen molar-refractivity contribution in [2.75, 3.05) is 18.4 Å². The number of imidazole rings is 1. The van der Waals surface area contributed by atoms with E-state index in [1.165, 1.54) is 35.3 Å². The molecule has 5 rings (SSSR count). The molecule has 2 atom stereocenters. The summed E-state index contributed by atoms with van der Waals surface area (Å²) in [5, 5.41) is 3.40. The maximum absolute atomic E-state index is 13.6. The highest BCUT2D eigenvalue weighted by molar-refractivity contribution is 7.89. The number of aryl methyl sites for hydroxylation is 1. The van der Waals surface area contributed by atoms with Crippen molar-refractivity contribution < 1.29 is 12.8 Å². The zero-order valence-electron chi connectivity index (χ0n) is 18.4. The van der Waals surface area contributed by atoms with E-state index in [4.69, 9.17) is 0 Å². The number of aromatic nitrogens is 4. The zero-order valence-corrected chi connectivity index (χ0v) is 19.2. The number of rotatable bonds is 6. The minimum Gasteiger partial charge on any atom is -0.365 e. The molecular formula is C24H23FN6O2S. The van der Waals surface area contributed by atoms with E-state index in [0.29, 0.717) is 5.82 Å². The minimum atomic E-state index is -3.79. The van der Waals surface area contributed by atoms with Crippen LogP contribution in [0.3, 0.4) is 0 Å². The normalized spacial score (nSPS) is 18.8. The lowest BCUT2D eigenvalue weighted by molar-refractivity contribution is 0.468. The Labute approximate surface area is 197 Å². The van der Waals surface area contributed by atoms with Crippen LogP contribution in [0, 0.1) is 5.82 Å². The van der Waals surface area contributed by atoms with Gasteiger partial charge in [-0.25, -0.2) is 27.8 Å².